The molecule has 21 rings (SSSR count). The molecule has 0 aromatic carbocycles. The molecule has 0 radical (unpaired) electrons. The third-order valence-electron chi connectivity index (χ3n) is 22.2. The van der Waals surface area contributed by atoms with Crippen molar-refractivity contribution in [3.05, 3.63) is 112 Å². The molecule has 9 aliphatic heterocycles. The monoisotopic (exact) mass is 2100 g/mol. The summed E-state index contributed by atoms with van der Waals surface area (Å²) in [5.41, 5.74) is 35.7. The van der Waals surface area contributed by atoms with Crippen LogP contribution in [-0.2, 0) is 146 Å². The van der Waals surface area contributed by atoms with E-state index in [1.807, 2.05) is 0 Å². The lowest BCUT2D eigenvalue weighted by molar-refractivity contribution is -0.0602. The highest BCUT2D eigenvalue weighted by molar-refractivity contribution is 8.44. The summed E-state index contributed by atoms with van der Waals surface area (Å²) in [4.78, 5) is 145. The van der Waals surface area contributed by atoms with Crippen molar-refractivity contribution in [2.24, 2.45) is 0 Å². The van der Waals surface area contributed by atoms with Crippen LogP contribution in [0.25, 0.3) is 66.9 Å². The second-order valence-electron chi connectivity index (χ2n) is 30.8. The van der Waals surface area contributed by atoms with E-state index in [-0.39, 0.29) is 75.7 Å². The summed E-state index contributed by atoms with van der Waals surface area (Å²) in [6, 6.07) is 6.41. The summed E-state index contributed by atoms with van der Waals surface area (Å²) < 4.78 is 157. The minimum absolute atomic E-state index is 0.000451. The molecule has 29 atom stereocenters. The topological polar surface area (TPSA) is 771 Å². The molecule has 12 aromatic heterocycles. The number of hydrogen-bond acceptors (Lipinski definition) is 47. The highest BCUT2D eigenvalue weighted by Crippen LogP contribution is 2.61. The van der Waals surface area contributed by atoms with Gasteiger partial charge in [0.1, 0.15) is 102 Å². The normalized spacial score (nSPS) is 37.3. The smallest absolute Gasteiger partial charge is 0.386 e. The fraction of sp³-hybridized carbons (Fsp3) is 0.469. The van der Waals surface area contributed by atoms with Crippen LogP contribution in [0.2, 0.25) is 0 Å². The van der Waals surface area contributed by atoms with Crippen LogP contribution in [-0.4, -0.2) is 281 Å². The van der Waals surface area contributed by atoms with Gasteiger partial charge in [0.25, 0.3) is 16.7 Å². The Kier molecular flexibility index (Phi) is 26.0. The van der Waals surface area contributed by atoms with E-state index < -0.39 is 231 Å². The molecular weight excluding hydrogens is 2030 g/mol. The van der Waals surface area contributed by atoms with Crippen LogP contribution in [0.1, 0.15) is 43.8 Å². The molecule has 0 aliphatic carbocycles. The van der Waals surface area contributed by atoms with Gasteiger partial charge in [-0.3, -0.25) is 79.3 Å². The summed E-state index contributed by atoms with van der Waals surface area (Å²) >= 11 is 30.2. The Morgan fingerprint density at radius 2 is 0.724 bits per heavy atom. The van der Waals surface area contributed by atoms with Crippen LogP contribution in [0.5, 0.6) is 0 Å². The highest BCUT2D eigenvalue weighted by atomic mass is 32.7. The Balaban J connectivity index is 0.000000129. The van der Waals surface area contributed by atoms with Crippen LogP contribution in [0.15, 0.2) is 95.1 Å². The Hall–Kier alpha value is -7.57. The number of anilines is 6. The number of fused-ring (bicyclic) bond motifs is 15. The number of aliphatic hydroxyl groups excluding tert-OH is 3. The number of nitrogens with two attached hydrogens (primary N) is 6. The number of thiol groups is 1. The van der Waals surface area contributed by atoms with Crippen molar-refractivity contribution < 1.29 is 136 Å². The lowest BCUT2D eigenvalue weighted by Crippen LogP contribution is -2.36. The molecule has 0 saturated carbocycles. The second-order valence-corrected chi connectivity index (χ2v) is 47.6. The fourth-order valence-electron chi connectivity index (χ4n) is 16.2. The first kappa shape index (κ1) is 95.4. The Morgan fingerprint density at radius 1 is 0.373 bits per heavy atom. The third-order valence-corrected chi connectivity index (χ3v) is 31.7. The number of aliphatic hydroxyl groups is 3. The van der Waals surface area contributed by atoms with Gasteiger partial charge in [-0.25, -0.2) is 53.2 Å². The van der Waals surface area contributed by atoms with E-state index in [2.05, 4.69) is 82.0 Å². The number of aromatic nitrogens is 20. The number of hydrogen-bond donors (Lipinski definition) is 18. The SMILES string of the molecule is Nc1nc2c(ncn2[C@@H]2OC3COP(O)(=S)O[C@H]4[C@@H](O)[C@H](n5ccc6c(N)ccnc65)O[C@@H]4COP(O)(=S)O[C@@H]2C3)c(=O)[nH]1.Nc1nc2c(ncn2[C@@H]2O[C@@H]3COP(=O)(S)O[C@@H]4C(F)[C@H](n5cnc6c(N)ccnc65)O[C@@H]4COP(O)(=S)OC2[C@H]3O)c(=O)[nH]1.Nc1nc2c(ncn2[C@@H]2O[C@@H]3COP(O)(=S)O[C@@H]4C(F)[C@H](n5cnc6c(N)ccnc65)O[C@@H]4COP(O)(=S)OC2[C@H]3O)c(=O)[nH]1. The van der Waals surface area contributed by atoms with Gasteiger partial charge >= 0.3 is 40.4 Å². The fourth-order valence-corrected chi connectivity index (χ4v) is 24.9. The predicted molar refractivity (Wildman–Crippen MR) is 476 cm³/mol. The quantitative estimate of drug-likeness (QED) is 0.0763. The maximum absolute atomic E-state index is 16.0. The molecule has 11 unspecified atom stereocenters. The van der Waals surface area contributed by atoms with Crippen LogP contribution in [0, 0.1) is 0 Å². The molecule has 70 heteroatoms. The maximum atomic E-state index is 16.0. The molecule has 12 aromatic rings. The van der Waals surface area contributed by atoms with Gasteiger partial charge in [-0.2, -0.15) is 15.0 Å². The Morgan fingerprint density at radius 3 is 1.19 bits per heavy atom. The van der Waals surface area contributed by atoms with E-state index in [9.17, 15) is 58.7 Å². The molecule has 0 amide bonds. The number of rotatable bonds is 6. The molecule has 134 heavy (non-hydrogen) atoms. The number of halogens is 2. The third kappa shape index (κ3) is 18.7. The van der Waals surface area contributed by atoms with Crippen LogP contribution in [0.3, 0.4) is 0 Å². The summed E-state index contributed by atoms with van der Waals surface area (Å²) in [6.07, 6.45) is -19.1. The van der Waals surface area contributed by atoms with Crippen LogP contribution >= 0.6 is 52.6 Å². The van der Waals surface area contributed by atoms with Crippen molar-refractivity contribution >= 4 is 213 Å². The standard InChI is InChI=1S/C22H26N8O10P2S2.2C21H24FN9O10P2S2/c23-11-1-3-25-17-10(11)2-4-29(17)21-15(31)16-13(38-21)7-36-41(33,43)39-12-5-9(6-35-42(34,44)40-16)37-20(12)30-8-26-14-18(30)27-22(24)28-19(14)32;2*22-10-14-9(39-19(10)30-5-26-11-7(23)1-2-25-16(11)30)4-37-43(35,45)41-15-13(32)8(3-36-42(34,44)40-14)38-20(15)31-6-27-12-17(31)28-21(24)29-18(12)33/h1-4,8-9,12-13,15-16,20-21,31H,5-7H2,(H2,23,25)(H,33,43)(H,34,44)(H3,24,27,28,32);2*1-2,5-6,8-10,13-15,19-20,32H,3-4H2,(H2,23,25)(H,34,44)(H,35,45)(H3,24,28,29,33)/t9?,12-,13-,15-,16-,20-,21-,41?,42?;2*8-,9-,10?,13+,14+,15?,19-,20-,42?,43?/m111/s1. The highest BCUT2D eigenvalue weighted by Gasteiger charge is 2.58. The summed E-state index contributed by atoms with van der Waals surface area (Å²) in [7, 11) is 0. The van der Waals surface area contributed by atoms with Gasteiger partial charge in [0.2, 0.25) is 17.8 Å². The molecule has 56 nitrogen and oxygen atoms in total. The first-order valence-electron chi connectivity index (χ1n) is 39.2. The first-order chi connectivity index (χ1) is 63.5. The molecule has 9 fully saturated rings. The number of H-pyrrole nitrogens is 3. The van der Waals surface area contributed by atoms with Crippen molar-refractivity contribution in [1.29, 1.82) is 0 Å². The lowest BCUT2D eigenvalue weighted by atomic mass is 10.1. The first-order valence-corrected chi connectivity index (χ1v) is 54.9. The van der Waals surface area contributed by atoms with Crippen molar-refractivity contribution in [3.63, 3.8) is 0 Å². The van der Waals surface area contributed by atoms with Crippen molar-refractivity contribution in [2.75, 3.05) is 74.0 Å². The van der Waals surface area contributed by atoms with Crippen molar-refractivity contribution in [1.82, 2.24) is 97.2 Å². The molecule has 23 N–H and O–H groups in total. The number of aromatic amines is 3. The summed E-state index contributed by atoms with van der Waals surface area (Å²) in [5.74, 6) is -0.594. The molecule has 720 valence electrons. The molecule has 6 bridgehead atoms. The number of ether oxygens (including phenoxy) is 6. The number of nitrogens with one attached hydrogen (secondary N) is 3. The van der Waals surface area contributed by atoms with Crippen LogP contribution < -0.4 is 51.1 Å². The predicted octanol–water partition coefficient (Wildman–Crippen LogP) is -0.101. The van der Waals surface area contributed by atoms with E-state index in [4.69, 9.17) is 176 Å². The zero-order valence-corrected chi connectivity index (χ0v) is 77.6. The van der Waals surface area contributed by atoms with Crippen LogP contribution in [0.4, 0.5) is 43.7 Å². The van der Waals surface area contributed by atoms with Gasteiger partial charge in [0.15, 0.2) is 94.5 Å². The van der Waals surface area contributed by atoms with Crippen molar-refractivity contribution in [2.45, 2.75) is 148 Å². The van der Waals surface area contributed by atoms with Crippen molar-refractivity contribution in [3.8, 4) is 0 Å². The van der Waals surface area contributed by atoms with Gasteiger partial charge in [0, 0.05) is 42.3 Å². The van der Waals surface area contributed by atoms with E-state index in [1.54, 1.807) is 22.9 Å². The average Bonchev–Trinajstić information content (AvgIpc) is 1.58. The van der Waals surface area contributed by atoms with E-state index >= 15 is 8.78 Å². The van der Waals surface area contributed by atoms with Gasteiger partial charge in [0.05, 0.1) is 88.8 Å². The largest absolute Gasteiger partial charge is 0.398 e. The maximum Gasteiger partial charge on any atom is 0.386 e. The van der Waals surface area contributed by atoms with Gasteiger partial charge in [-0.05, 0) is 83.3 Å². The van der Waals surface area contributed by atoms with Gasteiger partial charge in [-0.15, -0.1) is 0 Å². The number of nitrogens with zero attached hydrogens (tertiary/aromatic N) is 17. The lowest BCUT2D eigenvalue weighted by Gasteiger charge is -2.28. The Labute approximate surface area is 775 Å². The van der Waals surface area contributed by atoms with Gasteiger partial charge < -0.3 is 134 Å². The number of imidazole rings is 5. The van der Waals surface area contributed by atoms with E-state index in [0.29, 0.717) is 39.1 Å². The summed E-state index contributed by atoms with van der Waals surface area (Å²) in [6.45, 7) is -28.3. The minimum Gasteiger partial charge on any atom is -0.398 e. The molecule has 0 spiro atoms. The average molecular weight is 2100 g/mol. The number of pyridine rings is 3. The molecular formula is C64H74F2N26O30P6S6. The van der Waals surface area contributed by atoms with E-state index in [1.165, 1.54) is 85.2 Å². The molecule has 9 aliphatic rings. The van der Waals surface area contributed by atoms with Gasteiger partial charge in [-0.1, -0.05) is 12.2 Å². The Bertz CT molecular complexity index is 6820. The number of nitrogen functional groups attached to an aromatic ring is 6. The minimum atomic E-state index is -4.39. The zero-order valence-electron chi connectivity index (χ0n) is 67.3. The molecule has 21 heterocycles. The number of alkyl halides is 2. The molecule has 9 saturated heterocycles. The second kappa shape index (κ2) is 36.6. The summed E-state index contributed by atoms with van der Waals surface area (Å²) in [5, 5.41) is 34.2. The zero-order chi connectivity index (χ0) is 94.6. The van der Waals surface area contributed by atoms with E-state index in [0.717, 1.165) is 0 Å².